The minimum atomic E-state index is -0.664. The standard InChI is InChI=1S/C17H28N6O3/c1-12-10-15(22(2)3)21-16(20-12)23-8-5-13(6-9-23)4-7-19-17(25)26-11-14(18)24/h10,13H,4-9,11H2,1-3H3,(H2,18,24)(H,19,25). The van der Waals surface area contributed by atoms with Gasteiger partial charge in [-0.15, -0.1) is 0 Å². The van der Waals surface area contributed by atoms with Gasteiger partial charge in [0.2, 0.25) is 5.95 Å². The molecule has 1 aliphatic heterocycles. The van der Waals surface area contributed by atoms with Crippen molar-refractivity contribution in [3.8, 4) is 0 Å². The number of amides is 2. The van der Waals surface area contributed by atoms with Crippen LogP contribution in [-0.2, 0) is 9.53 Å². The summed E-state index contributed by atoms with van der Waals surface area (Å²) in [7, 11) is 3.94. The SMILES string of the molecule is Cc1cc(N(C)C)nc(N2CCC(CCNC(=O)OCC(N)=O)CC2)n1. The quantitative estimate of drug-likeness (QED) is 0.731. The molecule has 0 bridgehead atoms. The summed E-state index contributed by atoms with van der Waals surface area (Å²) in [6, 6.07) is 1.97. The maximum atomic E-state index is 11.4. The van der Waals surface area contributed by atoms with Crippen LogP contribution in [0, 0.1) is 12.8 Å². The summed E-state index contributed by atoms with van der Waals surface area (Å²) in [6.07, 6.45) is 2.31. The highest BCUT2D eigenvalue weighted by Crippen LogP contribution is 2.24. The second-order valence-electron chi connectivity index (χ2n) is 6.75. The third-order valence-corrected chi connectivity index (χ3v) is 4.35. The summed E-state index contributed by atoms with van der Waals surface area (Å²) in [4.78, 5) is 35.3. The topological polar surface area (TPSA) is 114 Å². The molecule has 9 nitrogen and oxygen atoms in total. The van der Waals surface area contributed by atoms with Gasteiger partial charge in [0.25, 0.3) is 5.91 Å². The molecule has 1 saturated heterocycles. The first-order valence-corrected chi connectivity index (χ1v) is 8.82. The largest absolute Gasteiger partial charge is 0.439 e. The molecule has 3 N–H and O–H groups in total. The number of hydrogen-bond acceptors (Lipinski definition) is 7. The van der Waals surface area contributed by atoms with Gasteiger partial charge in [0.1, 0.15) is 5.82 Å². The predicted octanol–water partition coefficient (Wildman–Crippen LogP) is 0.669. The van der Waals surface area contributed by atoms with E-state index in [1.54, 1.807) is 0 Å². The van der Waals surface area contributed by atoms with Gasteiger partial charge in [-0.25, -0.2) is 9.78 Å². The number of rotatable bonds is 7. The van der Waals surface area contributed by atoms with Crippen LogP contribution in [0.15, 0.2) is 6.07 Å². The Balaban J connectivity index is 1.75. The fraction of sp³-hybridized carbons (Fsp3) is 0.647. The number of aromatic nitrogens is 2. The number of carbonyl (C=O) groups excluding carboxylic acids is 2. The van der Waals surface area contributed by atoms with Crippen LogP contribution in [-0.4, -0.2) is 62.3 Å². The van der Waals surface area contributed by atoms with Crippen molar-refractivity contribution in [3.05, 3.63) is 11.8 Å². The number of piperidine rings is 1. The Bertz CT molecular complexity index is 629. The summed E-state index contributed by atoms with van der Waals surface area (Å²) < 4.78 is 4.66. The van der Waals surface area contributed by atoms with Gasteiger partial charge in [-0.3, -0.25) is 4.79 Å². The molecule has 1 aromatic heterocycles. The van der Waals surface area contributed by atoms with E-state index >= 15 is 0 Å². The number of carbonyl (C=O) groups is 2. The number of ether oxygens (including phenoxy) is 1. The maximum Gasteiger partial charge on any atom is 0.407 e. The molecule has 0 radical (unpaired) electrons. The van der Waals surface area contributed by atoms with Crippen LogP contribution in [0.3, 0.4) is 0 Å². The van der Waals surface area contributed by atoms with Gasteiger partial charge in [0.05, 0.1) is 0 Å². The van der Waals surface area contributed by atoms with Gasteiger partial charge in [0.15, 0.2) is 6.61 Å². The Morgan fingerprint density at radius 2 is 2.04 bits per heavy atom. The van der Waals surface area contributed by atoms with E-state index in [0.717, 1.165) is 49.8 Å². The fourth-order valence-electron chi connectivity index (χ4n) is 2.89. The lowest BCUT2D eigenvalue weighted by molar-refractivity contribution is -0.120. The first-order chi connectivity index (χ1) is 12.3. The van der Waals surface area contributed by atoms with Gasteiger partial charge in [-0.1, -0.05) is 0 Å². The molecule has 0 aliphatic carbocycles. The molecule has 0 atom stereocenters. The Labute approximate surface area is 153 Å². The van der Waals surface area contributed by atoms with Crippen LogP contribution < -0.4 is 20.9 Å². The summed E-state index contributed by atoms with van der Waals surface area (Å²) in [5.41, 5.74) is 5.88. The zero-order valence-electron chi connectivity index (χ0n) is 15.7. The molecule has 0 unspecified atom stereocenters. The summed E-state index contributed by atoms with van der Waals surface area (Å²) in [5.74, 6) is 1.55. The van der Waals surface area contributed by atoms with Gasteiger partial charge in [-0.2, -0.15) is 4.98 Å². The number of nitrogens with zero attached hydrogens (tertiary/aromatic N) is 4. The smallest absolute Gasteiger partial charge is 0.407 e. The highest BCUT2D eigenvalue weighted by atomic mass is 16.6. The molecule has 0 aromatic carbocycles. The van der Waals surface area contributed by atoms with E-state index in [2.05, 4.69) is 24.9 Å². The van der Waals surface area contributed by atoms with Crippen LogP contribution >= 0.6 is 0 Å². The van der Waals surface area contributed by atoms with Crippen molar-refractivity contribution >= 4 is 23.8 Å². The Morgan fingerprint density at radius 1 is 1.35 bits per heavy atom. The average Bonchev–Trinajstić information content (AvgIpc) is 2.60. The molecule has 26 heavy (non-hydrogen) atoms. The van der Waals surface area contributed by atoms with Crippen molar-refractivity contribution in [2.24, 2.45) is 11.7 Å². The van der Waals surface area contributed by atoms with Crippen molar-refractivity contribution < 1.29 is 14.3 Å². The molecule has 0 spiro atoms. The summed E-state index contributed by atoms with van der Waals surface area (Å²) in [5, 5.41) is 2.64. The van der Waals surface area contributed by atoms with Gasteiger partial charge >= 0.3 is 6.09 Å². The normalized spacial score (nSPS) is 14.8. The van der Waals surface area contributed by atoms with E-state index in [1.165, 1.54) is 0 Å². The van der Waals surface area contributed by atoms with Crippen LogP contribution in [0.5, 0.6) is 0 Å². The zero-order chi connectivity index (χ0) is 19.1. The minimum absolute atomic E-state index is 0.393. The second kappa shape index (κ2) is 9.21. The van der Waals surface area contributed by atoms with E-state index in [4.69, 9.17) is 5.73 Å². The van der Waals surface area contributed by atoms with E-state index in [-0.39, 0.29) is 0 Å². The Morgan fingerprint density at radius 3 is 2.65 bits per heavy atom. The number of hydrogen-bond donors (Lipinski definition) is 2. The van der Waals surface area contributed by atoms with E-state index in [0.29, 0.717) is 12.5 Å². The molecule has 2 amide bonds. The van der Waals surface area contributed by atoms with E-state index < -0.39 is 18.6 Å². The molecule has 9 heteroatoms. The minimum Gasteiger partial charge on any atom is -0.439 e. The van der Waals surface area contributed by atoms with Crippen LogP contribution in [0.2, 0.25) is 0 Å². The summed E-state index contributed by atoms with van der Waals surface area (Å²) in [6.45, 7) is 3.90. The lowest BCUT2D eigenvalue weighted by Crippen LogP contribution is -2.36. The number of primary amides is 1. The molecule has 1 aliphatic rings. The molecule has 1 aromatic rings. The highest BCUT2D eigenvalue weighted by molar-refractivity contribution is 5.78. The predicted molar refractivity (Wildman–Crippen MR) is 99.2 cm³/mol. The molecule has 0 saturated carbocycles. The Kier molecular flexibility index (Phi) is 6.99. The monoisotopic (exact) mass is 364 g/mol. The van der Waals surface area contributed by atoms with Crippen LogP contribution in [0.1, 0.15) is 25.0 Å². The first-order valence-electron chi connectivity index (χ1n) is 8.82. The fourth-order valence-corrected chi connectivity index (χ4v) is 2.89. The average molecular weight is 364 g/mol. The second-order valence-corrected chi connectivity index (χ2v) is 6.75. The number of nitrogens with two attached hydrogens (primary N) is 1. The van der Waals surface area contributed by atoms with Crippen molar-refractivity contribution in [1.82, 2.24) is 15.3 Å². The van der Waals surface area contributed by atoms with Gasteiger partial charge in [-0.05, 0) is 32.1 Å². The van der Waals surface area contributed by atoms with Crippen LogP contribution in [0.25, 0.3) is 0 Å². The van der Waals surface area contributed by atoms with E-state index in [9.17, 15) is 9.59 Å². The van der Waals surface area contributed by atoms with E-state index in [1.807, 2.05) is 32.0 Å². The van der Waals surface area contributed by atoms with Crippen molar-refractivity contribution in [3.63, 3.8) is 0 Å². The van der Waals surface area contributed by atoms with Crippen LogP contribution in [0.4, 0.5) is 16.6 Å². The van der Waals surface area contributed by atoms with Crippen molar-refractivity contribution in [2.75, 3.05) is 50.1 Å². The number of alkyl carbamates (subject to hydrolysis) is 1. The molecule has 2 rings (SSSR count). The summed E-state index contributed by atoms with van der Waals surface area (Å²) >= 11 is 0. The molecule has 2 heterocycles. The van der Waals surface area contributed by atoms with Crippen molar-refractivity contribution in [1.29, 1.82) is 0 Å². The van der Waals surface area contributed by atoms with Gasteiger partial charge in [0, 0.05) is 45.5 Å². The number of anilines is 2. The number of aryl methyl sites for hydroxylation is 1. The Hall–Kier alpha value is -2.58. The lowest BCUT2D eigenvalue weighted by Gasteiger charge is -2.32. The number of nitrogens with one attached hydrogen (secondary N) is 1. The molecular formula is C17H28N6O3. The lowest BCUT2D eigenvalue weighted by atomic mass is 9.94. The van der Waals surface area contributed by atoms with Crippen molar-refractivity contribution in [2.45, 2.75) is 26.2 Å². The molecule has 144 valence electrons. The molecule has 1 fully saturated rings. The highest BCUT2D eigenvalue weighted by Gasteiger charge is 2.21. The maximum absolute atomic E-state index is 11.4. The van der Waals surface area contributed by atoms with Gasteiger partial charge < -0.3 is 25.6 Å². The zero-order valence-corrected chi connectivity index (χ0v) is 15.7. The first kappa shape index (κ1) is 19.7. The third kappa shape index (κ3) is 6.05. The third-order valence-electron chi connectivity index (χ3n) is 4.35. The molecular weight excluding hydrogens is 336 g/mol.